The van der Waals surface area contributed by atoms with Crippen LogP contribution in [0.5, 0.6) is 11.5 Å². The van der Waals surface area contributed by atoms with E-state index in [1.54, 1.807) is 6.07 Å². The fourth-order valence-electron chi connectivity index (χ4n) is 3.89. The first kappa shape index (κ1) is 18.5. The van der Waals surface area contributed by atoms with Crippen LogP contribution >= 0.6 is 0 Å². The Morgan fingerprint density at radius 1 is 1.04 bits per heavy atom. The fourth-order valence-corrected chi connectivity index (χ4v) is 3.89. The van der Waals surface area contributed by atoms with Gasteiger partial charge in [-0.2, -0.15) is 0 Å². The van der Waals surface area contributed by atoms with E-state index >= 15 is 0 Å². The van der Waals surface area contributed by atoms with Gasteiger partial charge in [-0.15, -0.1) is 0 Å². The largest absolute Gasteiger partial charge is 0.454 e. The Kier molecular flexibility index (Phi) is 5.03. The number of aryl methyl sites for hydroxylation is 1. The first-order valence-electron chi connectivity index (χ1n) is 9.83. The molecule has 2 aliphatic rings. The van der Waals surface area contributed by atoms with Crippen molar-refractivity contribution in [2.45, 2.75) is 26.7 Å². The van der Waals surface area contributed by atoms with Crippen molar-refractivity contribution in [3.8, 4) is 11.5 Å². The van der Waals surface area contributed by atoms with Gasteiger partial charge in [0.25, 0.3) is 0 Å². The van der Waals surface area contributed by atoms with E-state index in [2.05, 4.69) is 49.2 Å². The smallest absolute Gasteiger partial charge is 0.321 e. The van der Waals surface area contributed by atoms with Gasteiger partial charge < -0.3 is 24.6 Å². The summed E-state index contributed by atoms with van der Waals surface area (Å²) < 4.78 is 10.7. The monoisotopic (exact) mass is 381 g/mol. The van der Waals surface area contributed by atoms with Crippen molar-refractivity contribution in [3.63, 3.8) is 0 Å². The second-order valence-electron chi connectivity index (χ2n) is 7.64. The minimum Gasteiger partial charge on any atom is -0.454 e. The van der Waals surface area contributed by atoms with Crippen LogP contribution in [0.1, 0.15) is 30.9 Å². The molecule has 2 aliphatic heterocycles. The molecular formula is C22H27N3O3. The summed E-state index contributed by atoms with van der Waals surface area (Å²) in [4.78, 5) is 17.0. The lowest BCUT2D eigenvalue weighted by molar-refractivity contribution is 0.174. The number of hydrogen-bond acceptors (Lipinski definition) is 4. The molecule has 28 heavy (non-hydrogen) atoms. The Bertz CT molecular complexity index is 873. The van der Waals surface area contributed by atoms with Gasteiger partial charge in [0.1, 0.15) is 0 Å². The van der Waals surface area contributed by atoms with E-state index in [-0.39, 0.29) is 12.8 Å². The zero-order valence-corrected chi connectivity index (χ0v) is 16.7. The van der Waals surface area contributed by atoms with E-state index in [0.29, 0.717) is 30.5 Å². The number of anilines is 2. The summed E-state index contributed by atoms with van der Waals surface area (Å²) in [5.41, 5.74) is 4.72. The fraction of sp³-hybridized carbons (Fsp3) is 0.409. The van der Waals surface area contributed by atoms with Crippen LogP contribution in [0.4, 0.5) is 16.2 Å². The summed E-state index contributed by atoms with van der Waals surface area (Å²) in [5, 5.41) is 2.97. The molecule has 1 fully saturated rings. The molecule has 6 nitrogen and oxygen atoms in total. The molecule has 0 aromatic heterocycles. The van der Waals surface area contributed by atoms with Crippen molar-refractivity contribution in [1.82, 2.24) is 4.90 Å². The quantitative estimate of drug-likeness (QED) is 0.866. The number of fused-ring (bicyclic) bond motifs is 1. The van der Waals surface area contributed by atoms with Crippen LogP contribution in [0.15, 0.2) is 36.4 Å². The van der Waals surface area contributed by atoms with Crippen LogP contribution in [0, 0.1) is 6.92 Å². The van der Waals surface area contributed by atoms with E-state index in [4.69, 9.17) is 9.47 Å². The molecule has 1 saturated heterocycles. The Hall–Kier alpha value is -2.89. The van der Waals surface area contributed by atoms with Crippen LogP contribution in [-0.4, -0.2) is 43.9 Å². The predicted octanol–water partition coefficient (Wildman–Crippen LogP) is 4.20. The summed E-state index contributed by atoms with van der Waals surface area (Å²) in [5.74, 6) is 1.86. The number of para-hydroxylation sites is 1. The first-order chi connectivity index (χ1) is 13.5. The van der Waals surface area contributed by atoms with Gasteiger partial charge in [0.15, 0.2) is 11.5 Å². The van der Waals surface area contributed by atoms with Crippen LogP contribution in [-0.2, 0) is 0 Å². The predicted molar refractivity (Wildman–Crippen MR) is 111 cm³/mol. The summed E-state index contributed by atoms with van der Waals surface area (Å²) >= 11 is 0. The number of urea groups is 1. The van der Waals surface area contributed by atoms with Crippen molar-refractivity contribution < 1.29 is 14.3 Å². The molecule has 1 N–H and O–H groups in total. The molecule has 2 amide bonds. The number of carbonyl (C=O) groups excluding carboxylic acids is 1. The van der Waals surface area contributed by atoms with Gasteiger partial charge in [0.05, 0.1) is 0 Å². The average Bonchev–Trinajstić information content (AvgIpc) is 3.15. The van der Waals surface area contributed by atoms with Crippen LogP contribution in [0.25, 0.3) is 0 Å². The summed E-state index contributed by atoms with van der Waals surface area (Å²) in [6.45, 7) is 9.91. The zero-order valence-electron chi connectivity index (χ0n) is 16.7. The molecule has 6 heteroatoms. The molecule has 4 rings (SSSR count). The molecule has 2 aromatic carbocycles. The molecule has 0 aliphatic carbocycles. The molecule has 2 aromatic rings. The average molecular weight is 381 g/mol. The Balaban J connectivity index is 1.40. The highest BCUT2D eigenvalue weighted by Gasteiger charge is 2.24. The molecule has 0 spiro atoms. The number of nitrogens with one attached hydrogen (secondary N) is 1. The van der Waals surface area contributed by atoms with Gasteiger partial charge in [-0.1, -0.05) is 32.0 Å². The SMILES string of the molecule is Cc1cccc(C(C)C)c1N1CCN(C(=O)Nc2ccc3c(c2)OCO3)CC1. The third-order valence-electron chi connectivity index (χ3n) is 5.40. The van der Waals surface area contributed by atoms with Crippen molar-refractivity contribution >= 4 is 17.4 Å². The summed E-state index contributed by atoms with van der Waals surface area (Å²) in [7, 11) is 0. The topological polar surface area (TPSA) is 54.0 Å². The number of piperazine rings is 1. The third kappa shape index (κ3) is 3.59. The summed E-state index contributed by atoms with van der Waals surface area (Å²) in [6.07, 6.45) is 0. The second-order valence-corrected chi connectivity index (χ2v) is 7.64. The maximum atomic E-state index is 12.7. The molecule has 0 radical (unpaired) electrons. The third-order valence-corrected chi connectivity index (χ3v) is 5.40. The van der Waals surface area contributed by atoms with Crippen molar-refractivity contribution in [1.29, 1.82) is 0 Å². The number of carbonyl (C=O) groups is 1. The number of benzene rings is 2. The van der Waals surface area contributed by atoms with E-state index in [1.165, 1.54) is 16.8 Å². The first-order valence-corrected chi connectivity index (χ1v) is 9.83. The lowest BCUT2D eigenvalue weighted by Crippen LogP contribution is -2.50. The van der Waals surface area contributed by atoms with Gasteiger partial charge in [-0.3, -0.25) is 0 Å². The summed E-state index contributed by atoms with van der Waals surface area (Å²) in [6, 6.07) is 11.9. The van der Waals surface area contributed by atoms with Crippen LogP contribution in [0.3, 0.4) is 0 Å². The standard InChI is InChI=1S/C22H27N3O3/c1-15(2)18-6-4-5-16(3)21(18)24-9-11-25(12-10-24)22(26)23-17-7-8-19-20(13-17)28-14-27-19/h4-8,13,15H,9-12,14H2,1-3H3,(H,23,26). The molecule has 0 bridgehead atoms. The van der Waals surface area contributed by atoms with E-state index in [1.807, 2.05) is 17.0 Å². The molecule has 148 valence electrons. The van der Waals surface area contributed by atoms with Gasteiger partial charge >= 0.3 is 6.03 Å². The highest BCUT2D eigenvalue weighted by molar-refractivity contribution is 5.90. The maximum Gasteiger partial charge on any atom is 0.321 e. The molecule has 0 atom stereocenters. The number of hydrogen-bond donors (Lipinski definition) is 1. The number of nitrogens with zero attached hydrogens (tertiary/aromatic N) is 2. The molecular weight excluding hydrogens is 354 g/mol. The normalized spacial score (nSPS) is 15.9. The Morgan fingerprint density at radius 3 is 2.54 bits per heavy atom. The lowest BCUT2D eigenvalue weighted by atomic mass is 9.97. The van der Waals surface area contributed by atoms with Crippen LogP contribution < -0.4 is 19.7 Å². The number of amides is 2. The number of rotatable bonds is 3. The molecule has 0 unspecified atom stereocenters. The minimum atomic E-state index is -0.0765. The van der Waals surface area contributed by atoms with Gasteiger partial charge in [-0.05, 0) is 36.1 Å². The van der Waals surface area contributed by atoms with Crippen molar-refractivity contribution in [2.75, 3.05) is 43.2 Å². The van der Waals surface area contributed by atoms with Crippen molar-refractivity contribution in [3.05, 3.63) is 47.5 Å². The zero-order chi connectivity index (χ0) is 19.7. The highest BCUT2D eigenvalue weighted by atomic mass is 16.7. The minimum absolute atomic E-state index is 0.0765. The Morgan fingerprint density at radius 2 is 1.79 bits per heavy atom. The highest BCUT2D eigenvalue weighted by Crippen LogP contribution is 2.34. The van der Waals surface area contributed by atoms with E-state index in [0.717, 1.165) is 18.8 Å². The lowest BCUT2D eigenvalue weighted by Gasteiger charge is -2.38. The van der Waals surface area contributed by atoms with Gasteiger partial charge in [0, 0.05) is 43.6 Å². The molecule has 2 heterocycles. The number of ether oxygens (including phenoxy) is 2. The van der Waals surface area contributed by atoms with E-state index in [9.17, 15) is 4.79 Å². The molecule has 0 saturated carbocycles. The maximum absolute atomic E-state index is 12.7. The Labute approximate surface area is 166 Å². The second kappa shape index (κ2) is 7.62. The van der Waals surface area contributed by atoms with E-state index < -0.39 is 0 Å². The van der Waals surface area contributed by atoms with Crippen molar-refractivity contribution in [2.24, 2.45) is 0 Å². The van der Waals surface area contributed by atoms with Gasteiger partial charge in [0.2, 0.25) is 6.79 Å². The van der Waals surface area contributed by atoms with Gasteiger partial charge in [-0.25, -0.2) is 4.79 Å². The van der Waals surface area contributed by atoms with Crippen LogP contribution in [0.2, 0.25) is 0 Å².